The third kappa shape index (κ3) is 2.98. The molecule has 2 aromatic heterocycles. The maximum Gasteiger partial charge on any atom is 0.263 e. The molecule has 2 rings (SSSR count). The second kappa shape index (κ2) is 6.21. The van der Waals surface area contributed by atoms with Crippen LogP contribution in [0.4, 0.5) is 5.69 Å². The van der Waals surface area contributed by atoms with E-state index in [9.17, 15) is 4.79 Å². The maximum atomic E-state index is 12.2. The molecule has 0 saturated heterocycles. The lowest BCUT2D eigenvalue weighted by Crippen LogP contribution is -2.36. The van der Waals surface area contributed by atoms with Crippen LogP contribution < -0.4 is 11.1 Å². The molecule has 1 unspecified atom stereocenters. The molecule has 0 aliphatic carbocycles. The molecule has 19 heavy (non-hydrogen) atoms. The van der Waals surface area contributed by atoms with Gasteiger partial charge in [-0.15, -0.1) is 11.3 Å². The summed E-state index contributed by atoms with van der Waals surface area (Å²) in [7, 11) is 0. The van der Waals surface area contributed by atoms with Gasteiger partial charge in [-0.05, 0) is 12.7 Å². The van der Waals surface area contributed by atoms with Gasteiger partial charge in [-0.3, -0.25) is 4.79 Å². The topological polar surface area (TPSA) is 80.9 Å². The third-order valence-corrected chi connectivity index (χ3v) is 4.60. The van der Waals surface area contributed by atoms with Crippen molar-refractivity contribution in [3.63, 3.8) is 0 Å². The molecular formula is C12H16N4OS2. The Balaban J connectivity index is 2.24. The van der Waals surface area contributed by atoms with E-state index in [-0.39, 0.29) is 11.9 Å². The number of aromatic nitrogens is 2. The Morgan fingerprint density at radius 1 is 1.53 bits per heavy atom. The smallest absolute Gasteiger partial charge is 0.263 e. The highest BCUT2D eigenvalue weighted by Gasteiger charge is 2.19. The molecule has 0 radical (unpaired) electrons. The van der Waals surface area contributed by atoms with E-state index in [1.54, 1.807) is 24.2 Å². The quantitative estimate of drug-likeness (QED) is 0.883. The number of thiophene rings is 1. The summed E-state index contributed by atoms with van der Waals surface area (Å²) >= 11 is 3.00. The summed E-state index contributed by atoms with van der Waals surface area (Å²) < 4.78 is 0. The first-order valence-corrected chi connectivity index (χ1v) is 8.17. The Labute approximate surface area is 120 Å². The van der Waals surface area contributed by atoms with E-state index in [1.807, 2.05) is 6.26 Å². The van der Waals surface area contributed by atoms with Gasteiger partial charge >= 0.3 is 0 Å². The van der Waals surface area contributed by atoms with Crippen molar-refractivity contribution in [3.05, 3.63) is 17.3 Å². The molecular weight excluding hydrogens is 280 g/mol. The largest absolute Gasteiger partial charge is 0.396 e. The number of hydrogen-bond donors (Lipinski definition) is 2. The minimum absolute atomic E-state index is 0.136. The molecule has 0 bridgehead atoms. The van der Waals surface area contributed by atoms with E-state index in [4.69, 9.17) is 5.73 Å². The number of rotatable bonds is 5. The van der Waals surface area contributed by atoms with Gasteiger partial charge in [-0.1, -0.05) is 6.92 Å². The number of nitrogens with two attached hydrogens (primary N) is 1. The van der Waals surface area contributed by atoms with Crippen LogP contribution in [0.1, 0.15) is 23.0 Å². The van der Waals surface area contributed by atoms with Gasteiger partial charge in [0.05, 0.1) is 5.69 Å². The number of nitrogen functional groups attached to an aromatic ring is 1. The van der Waals surface area contributed by atoms with Crippen molar-refractivity contribution in [3.8, 4) is 0 Å². The zero-order chi connectivity index (χ0) is 13.8. The van der Waals surface area contributed by atoms with Crippen molar-refractivity contribution in [2.45, 2.75) is 19.4 Å². The van der Waals surface area contributed by atoms with Gasteiger partial charge in [-0.2, -0.15) is 11.8 Å². The molecule has 3 N–H and O–H groups in total. The number of carbonyl (C=O) groups excluding carboxylic acids is 1. The lowest BCUT2D eigenvalue weighted by atomic mass is 10.2. The summed E-state index contributed by atoms with van der Waals surface area (Å²) in [6.07, 6.45) is 6.10. The van der Waals surface area contributed by atoms with Gasteiger partial charge in [0.2, 0.25) is 0 Å². The van der Waals surface area contributed by atoms with E-state index in [2.05, 4.69) is 22.2 Å². The molecule has 0 fully saturated rings. The summed E-state index contributed by atoms with van der Waals surface area (Å²) in [5.74, 6) is 0.756. The van der Waals surface area contributed by atoms with Crippen LogP contribution >= 0.6 is 23.1 Å². The Morgan fingerprint density at radius 3 is 2.89 bits per heavy atom. The molecule has 102 valence electrons. The van der Waals surface area contributed by atoms with Gasteiger partial charge in [0.15, 0.2) is 0 Å². The number of amides is 1. The minimum Gasteiger partial charge on any atom is -0.396 e. The van der Waals surface area contributed by atoms with Crippen LogP contribution in [0.5, 0.6) is 0 Å². The zero-order valence-electron chi connectivity index (χ0n) is 10.8. The average Bonchev–Trinajstić information content (AvgIpc) is 2.76. The highest BCUT2D eigenvalue weighted by molar-refractivity contribution is 7.98. The number of fused-ring (bicyclic) bond motifs is 1. The number of anilines is 1. The SMILES string of the molecule is CCC(CSC)NC(=O)c1sc2nccnc2c1N. The fourth-order valence-corrected chi connectivity index (χ4v) is 3.37. The number of nitrogens with zero attached hydrogens (tertiary/aromatic N) is 2. The summed E-state index contributed by atoms with van der Waals surface area (Å²) in [6, 6.07) is 0.160. The van der Waals surface area contributed by atoms with Gasteiger partial charge in [0.25, 0.3) is 5.91 Å². The second-order valence-electron chi connectivity index (χ2n) is 4.09. The molecule has 5 nitrogen and oxygen atoms in total. The summed E-state index contributed by atoms with van der Waals surface area (Å²) in [4.78, 5) is 21.8. The molecule has 2 aromatic rings. The number of hydrogen-bond acceptors (Lipinski definition) is 6. The van der Waals surface area contributed by atoms with Crippen LogP contribution in [-0.2, 0) is 0 Å². The predicted molar refractivity (Wildman–Crippen MR) is 81.8 cm³/mol. The average molecular weight is 296 g/mol. The zero-order valence-corrected chi connectivity index (χ0v) is 12.5. The van der Waals surface area contributed by atoms with Gasteiger partial charge in [0.1, 0.15) is 15.2 Å². The molecule has 0 aromatic carbocycles. The molecule has 0 spiro atoms. The Morgan fingerprint density at radius 2 is 2.26 bits per heavy atom. The van der Waals surface area contributed by atoms with Crippen molar-refractivity contribution in [1.82, 2.24) is 15.3 Å². The molecule has 0 aliphatic heterocycles. The highest BCUT2D eigenvalue weighted by atomic mass is 32.2. The van der Waals surface area contributed by atoms with E-state index < -0.39 is 0 Å². The minimum atomic E-state index is -0.136. The van der Waals surface area contributed by atoms with Crippen LogP contribution in [0.3, 0.4) is 0 Å². The van der Waals surface area contributed by atoms with Crippen molar-refractivity contribution >= 4 is 45.0 Å². The van der Waals surface area contributed by atoms with Crippen molar-refractivity contribution < 1.29 is 4.79 Å². The summed E-state index contributed by atoms with van der Waals surface area (Å²) in [6.45, 7) is 2.05. The second-order valence-corrected chi connectivity index (χ2v) is 6.00. The normalized spacial score (nSPS) is 12.5. The Hall–Kier alpha value is -1.34. The van der Waals surface area contributed by atoms with E-state index in [0.29, 0.717) is 20.9 Å². The van der Waals surface area contributed by atoms with Crippen LogP contribution in [0.15, 0.2) is 12.4 Å². The lowest BCUT2D eigenvalue weighted by Gasteiger charge is -2.15. The van der Waals surface area contributed by atoms with E-state index in [0.717, 1.165) is 12.2 Å². The fraction of sp³-hybridized carbons (Fsp3) is 0.417. The molecule has 2 heterocycles. The standard InChI is InChI=1S/C12H16N4OS2/c1-3-7(6-18-2)16-11(17)10-8(13)9-12(19-10)15-5-4-14-9/h4-5,7H,3,6,13H2,1-2H3,(H,16,17). The van der Waals surface area contributed by atoms with Crippen LogP contribution in [-0.4, -0.2) is 33.9 Å². The van der Waals surface area contributed by atoms with Crippen molar-refractivity contribution in [2.24, 2.45) is 0 Å². The number of carbonyl (C=O) groups is 1. The molecule has 0 aliphatic rings. The van der Waals surface area contributed by atoms with Gasteiger partial charge in [0, 0.05) is 24.2 Å². The first kappa shape index (κ1) is 14.1. The third-order valence-electron chi connectivity index (χ3n) is 2.77. The number of thioether (sulfide) groups is 1. The Bertz CT molecular complexity index is 584. The summed E-state index contributed by atoms with van der Waals surface area (Å²) in [5.41, 5.74) is 7.00. The first-order valence-electron chi connectivity index (χ1n) is 5.96. The maximum absolute atomic E-state index is 12.2. The molecule has 1 atom stereocenters. The van der Waals surface area contributed by atoms with Crippen LogP contribution in [0, 0.1) is 0 Å². The monoisotopic (exact) mass is 296 g/mol. The van der Waals surface area contributed by atoms with E-state index >= 15 is 0 Å². The van der Waals surface area contributed by atoms with Crippen LogP contribution in [0.2, 0.25) is 0 Å². The highest BCUT2D eigenvalue weighted by Crippen LogP contribution is 2.30. The van der Waals surface area contributed by atoms with Crippen molar-refractivity contribution in [1.29, 1.82) is 0 Å². The predicted octanol–water partition coefficient (Wildman–Crippen LogP) is 2.14. The first-order chi connectivity index (χ1) is 9.17. The van der Waals surface area contributed by atoms with Gasteiger partial charge in [-0.25, -0.2) is 9.97 Å². The van der Waals surface area contributed by atoms with Crippen molar-refractivity contribution in [2.75, 3.05) is 17.7 Å². The van der Waals surface area contributed by atoms with E-state index in [1.165, 1.54) is 11.3 Å². The fourth-order valence-electron chi connectivity index (χ4n) is 1.73. The molecule has 0 saturated carbocycles. The summed E-state index contributed by atoms with van der Waals surface area (Å²) in [5, 5.41) is 3.00. The molecule has 7 heteroatoms. The Kier molecular flexibility index (Phi) is 4.60. The molecule has 1 amide bonds. The number of nitrogens with one attached hydrogen (secondary N) is 1. The van der Waals surface area contributed by atoms with Gasteiger partial charge < -0.3 is 11.1 Å². The lowest BCUT2D eigenvalue weighted by molar-refractivity contribution is 0.0945. The van der Waals surface area contributed by atoms with Crippen LogP contribution in [0.25, 0.3) is 10.3 Å².